The van der Waals surface area contributed by atoms with E-state index in [0.29, 0.717) is 5.92 Å². The maximum atomic E-state index is 4.25. The van der Waals surface area contributed by atoms with Gasteiger partial charge in [0.05, 0.1) is 0 Å². The molecule has 16 heavy (non-hydrogen) atoms. The van der Waals surface area contributed by atoms with Crippen LogP contribution in [0.1, 0.15) is 85.0 Å². The molecule has 0 saturated carbocycles. The number of hydrogen-bond acceptors (Lipinski definition) is 0. The zero-order chi connectivity index (χ0) is 12.2. The van der Waals surface area contributed by atoms with Crippen molar-refractivity contribution in [3.63, 3.8) is 0 Å². The largest absolute Gasteiger partial charge is 0.0654 e. The molecule has 0 aromatic carbocycles. The van der Waals surface area contributed by atoms with Gasteiger partial charge in [-0.3, -0.25) is 0 Å². The van der Waals surface area contributed by atoms with Crippen molar-refractivity contribution in [3.8, 4) is 0 Å². The quantitative estimate of drug-likeness (QED) is 0.377. The van der Waals surface area contributed by atoms with Crippen LogP contribution in [-0.4, -0.2) is 0 Å². The Morgan fingerprint density at radius 3 is 2.00 bits per heavy atom. The molecular formula is C16H33. The predicted molar refractivity (Wildman–Crippen MR) is 75.5 cm³/mol. The summed E-state index contributed by atoms with van der Waals surface area (Å²) in [6.07, 6.45) is 13.9. The minimum absolute atomic E-state index is 0.688. The molecule has 1 radical (unpaired) electrons. The highest BCUT2D eigenvalue weighted by Gasteiger charge is 2.11. The van der Waals surface area contributed by atoms with E-state index in [9.17, 15) is 0 Å². The first-order chi connectivity index (χ1) is 7.74. The fraction of sp³-hybridized carbons (Fsp3) is 0.938. The number of rotatable bonds is 11. The SMILES string of the molecule is [CH2]C(CC)CC(CCCC)CCCCCC. The van der Waals surface area contributed by atoms with Crippen LogP contribution >= 0.6 is 0 Å². The van der Waals surface area contributed by atoms with Crippen LogP contribution in [0.2, 0.25) is 0 Å². The lowest BCUT2D eigenvalue weighted by Crippen LogP contribution is -2.06. The van der Waals surface area contributed by atoms with Crippen LogP contribution in [0.25, 0.3) is 0 Å². The van der Waals surface area contributed by atoms with Crippen molar-refractivity contribution in [2.45, 2.75) is 85.0 Å². The lowest BCUT2D eigenvalue weighted by Gasteiger charge is -2.20. The van der Waals surface area contributed by atoms with Crippen molar-refractivity contribution in [2.24, 2.45) is 11.8 Å². The van der Waals surface area contributed by atoms with E-state index in [1.54, 1.807) is 0 Å². The van der Waals surface area contributed by atoms with Crippen molar-refractivity contribution in [1.29, 1.82) is 0 Å². The summed E-state index contributed by atoms with van der Waals surface area (Å²) in [7, 11) is 0. The summed E-state index contributed by atoms with van der Waals surface area (Å²) in [6.45, 7) is 11.1. The van der Waals surface area contributed by atoms with E-state index in [-0.39, 0.29) is 0 Å². The summed E-state index contributed by atoms with van der Waals surface area (Å²) in [6, 6.07) is 0. The van der Waals surface area contributed by atoms with Gasteiger partial charge in [-0.15, -0.1) is 0 Å². The van der Waals surface area contributed by atoms with Gasteiger partial charge in [-0.2, -0.15) is 0 Å². The van der Waals surface area contributed by atoms with E-state index >= 15 is 0 Å². The van der Waals surface area contributed by atoms with Gasteiger partial charge < -0.3 is 0 Å². The normalized spacial score (nSPS) is 15.0. The van der Waals surface area contributed by atoms with Gasteiger partial charge in [-0.25, -0.2) is 0 Å². The first-order valence-electron chi connectivity index (χ1n) is 7.57. The fourth-order valence-electron chi connectivity index (χ4n) is 2.37. The molecule has 0 N–H and O–H groups in total. The molecule has 0 fully saturated rings. The molecule has 2 unspecified atom stereocenters. The number of unbranched alkanes of at least 4 members (excludes halogenated alkanes) is 4. The monoisotopic (exact) mass is 225 g/mol. The molecule has 0 aliphatic rings. The van der Waals surface area contributed by atoms with Crippen LogP contribution in [0, 0.1) is 18.8 Å². The second-order valence-electron chi connectivity index (χ2n) is 5.37. The molecule has 0 rings (SSSR count). The van der Waals surface area contributed by atoms with Crippen LogP contribution in [0.4, 0.5) is 0 Å². The molecule has 0 aromatic heterocycles. The van der Waals surface area contributed by atoms with Gasteiger partial charge in [0, 0.05) is 0 Å². The van der Waals surface area contributed by atoms with Crippen LogP contribution in [-0.2, 0) is 0 Å². The van der Waals surface area contributed by atoms with Gasteiger partial charge in [-0.1, -0.05) is 85.5 Å². The van der Waals surface area contributed by atoms with Crippen LogP contribution < -0.4 is 0 Å². The summed E-state index contributed by atoms with van der Waals surface area (Å²) in [5.41, 5.74) is 0. The topological polar surface area (TPSA) is 0 Å². The molecule has 0 aliphatic carbocycles. The number of hydrogen-bond donors (Lipinski definition) is 0. The smallest absolute Gasteiger partial charge is 0.0412 e. The third-order valence-electron chi connectivity index (χ3n) is 3.68. The van der Waals surface area contributed by atoms with E-state index in [1.165, 1.54) is 64.2 Å². The third-order valence-corrected chi connectivity index (χ3v) is 3.68. The van der Waals surface area contributed by atoms with Crippen molar-refractivity contribution in [2.75, 3.05) is 0 Å². The molecule has 0 amide bonds. The molecule has 0 aliphatic heterocycles. The van der Waals surface area contributed by atoms with E-state index in [2.05, 4.69) is 27.7 Å². The van der Waals surface area contributed by atoms with Gasteiger partial charge in [0.2, 0.25) is 0 Å². The Kier molecular flexibility index (Phi) is 11.5. The Morgan fingerprint density at radius 2 is 1.44 bits per heavy atom. The Morgan fingerprint density at radius 1 is 0.812 bits per heavy atom. The zero-order valence-corrected chi connectivity index (χ0v) is 11.9. The van der Waals surface area contributed by atoms with E-state index in [4.69, 9.17) is 0 Å². The van der Waals surface area contributed by atoms with Gasteiger partial charge >= 0.3 is 0 Å². The highest BCUT2D eigenvalue weighted by atomic mass is 14.2. The maximum Gasteiger partial charge on any atom is -0.0412 e. The average molecular weight is 225 g/mol. The lowest BCUT2D eigenvalue weighted by molar-refractivity contribution is 0.342. The van der Waals surface area contributed by atoms with E-state index in [1.807, 2.05) is 0 Å². The molecular weight excluding hydrogens is 192 g/mol. The summed E-state index contributed by atoms with van der Waals surface area (Å²) >= 11 is 0. The molecule has 0 heteroatoms. The van der Waals surface area contributed by atoms with Gasteiger partial charge in [0.15, 0.2) is 0 Å². The lowest BCUT2D eigenvalue weighted by atomic mass is 9.86. The molecule has 0 spiro atoms. The second-order valence-corrected chi connectivity index (χ2v) is 5.37. The fourth-order valence-corrected chi connectivity index (χ4v) is 2.37. The average Bonchev–Trinajstić information content (AvgIpc) is 2.30. The molecule has 0 nitrogen and oxygen atoms in total. The maximum absolute atomic E-state index is 4.25. The predicted octanol–water partition coefficient (Wildman–Crippen LogP) is 6.01. The Balaban J connectivity index is 3.71. The molecule has 0 bridgehead atoms. The van der Waals surface area contributed by atoms with Gasteiger partial charge in [0.1, 0.15) is 0 Å². The highest BCUT2D eigenvalue weighted by molar-refractivity contribution is 4.67. The van der Waals surface area contributed by atoms with Gasteiger partial charge in [-0.05, 0) is 18.3 Å². The van der Waals surface area contributed by atoms with Crippen molar-refractivity contribution in [3.05, 3.63) is 6.92 Å². The van der Waals surface area contributed by atoms with Gasteiger partial charge in [0.25, 0.3) is 0 Å². The third kappa shape index (κ3) is 9.24. The first kappa shape index (κ1) is 16.0. The second kappa shape index (κ2) is 11.5. The summed E-state index contributed by atoms with van der Waals surface area (Å²) < 4.78 is 0. The van der Waals surface area contributed by atoms with Crippen LogP contribution in [0.3, 0.4) is 0 Å². The zero-order valence-electron chi connectivity index (χ0n) is 11.9. The summed E-state index contributed by atoms with van der Waals surface area (Å²) in [5, 5.41) is 0. The Bertz CT molecular complexity index is 128. The molecule has 2 atom stereocenters. The Hall–Kier alpha value is 0. The molecule has 0 saturated heterocycles. The van der Waals surface area contributed by atoms with Crippen molar-refractivity contribution < 1.29 is 0 Å². The van der Waals surface area contributed by atoms with E-state index in [0.717, 1.165) is 5.92 Å². The van der Waals surface area contributed by atoms with Crippen LogP contribution in [0.5, 0.6) is 0 Å². The van der Waals surface area contributed by atoms with Crippen molar-refractivity contribution >= 4 is 0 Å². The molecule has 97 valence electrons. The molecule has 0 heterocycles. The minimum Gasteiger partial charge on any atom is -0.0654 e. The van der Waals surface area contributed by atoms with E-state index < -0.39 is 0 Å². The van der Waals surface area contributed by atoms with Crippen LogP contribution in [0.15, 0.2) is 0 Å². The minimum atomic E-state index is 0.688. The Labute approximate surface area is 104 Å². The standard InChI is InChI=1S/C16H33/c1-5-8-10-11-13-16(12-9-6-2)14-15(4)7-3/h15-16H,4-14H2,1-3H3. The summed E-state index contributed by atoms with van der Waals surface area (Å²) in [4.78, 5) is 0. The highest BCUT2D eigenvalue weighted by Crippen LogP contribution is 2.25. The summed E-state index contributed by atoms with van der Waals surface area (Å²) in [5.74, 6) is 1.65. The molecule has 0 aromatic rings. The van der Waals surface area contributed by atoms with Crippen molar-refractivity contribution in [1.82, 2.24) is 0 Å². The first-order valence-corrected chi connectivity index (χ1v) is 7.57.